The Morgan fingerprint density at radius 2 is 1.71 bits per heavy atom. The van der Waals surface area contributed by atoms with Gasteiger partial charge in [0.15, 0.2) is 0 Å². The molecule has 0 spiro atoms. The summed E-state index contributed by atoms with van der Waals surface area (Å²) in [6.07, 6.45) is 2.72. The Bertz CT molecular complexity index is 1050. The van der Waals surface area contributed by atoms with Crippen molar-refractivity contribution < 1.29 is 13.5 Å². The van der Waals surface area contributed by atoms with Gasteiger partial charge < -0.3 is 9.67 Å². The lowest BCUT2D eigenvalue weighted by atomic mass is 10.1. The molecule has 1 unspecified atom stereocenters. The lowest BCUT2D eigenvalue weighted by Crippen LogP contribution is -2.26. The number of aromatic nitrogens is 2. The Hall–Kier alpha value is -2.48. The largest absolute Gasteiger partial charge is 0.387 e. The van der Waals surface area contributed by atoms with E-state index in [0.717, 1.165) is 24.1 Å². The molecule has 1 aromatic heterocycles. The standard InChI is InChI=1S/C24H31N3O3S/c1-3-31(29,30)24-25-17-22(27(24)16-10-13-20-11-6-4-7-12-20)18-26(2)19-23(28)21-14-8-5-9-15-21/h4-9,11-12,14-15,17,23,28H,3,10,13,16,18-19H2,1-2H3. The first kappa shape index (κ1) is 23.2. The Morgan fingerprint density at radius 1 is 1.06 bits per heavy atom. The van der Waals surface area contributed by atoms with Crippen LogP contribution in [0.15, 0.2) is 72.0 Å². The van der Waals surface area contributed by atoms with Gasteiger partial charge in [0.2, 0.25) is 15.0 Å². The third-order valence-corrected chi connectivity index (χ3v) is 6.99. The number of aliphatic hydroxyl groups is 1. The van der Waals surface area contributed by atoms with E-state index in [1.54, 1.807) is 13.1 Å². The number of sulfone groups is 1. The van der Waals surface area contributed by atoms with Gasteiger partial charge in [-0.15, -0.1) is 0 Å². The summed E-state index contributed by atoms with van der Waals surface area (Å²) >= 11 is 0. The van der Waals surface area contributed by atoms with Crippen molar-refractivity contribution in [1.29, 1.82) is 0 Å². The average Bonchev–Trinajstić information content (AvgIpc) is 3.18. The monoisotopic (exact) mass is 441 g/mol. The zero-order chi connectivity index (χ0) is 22.3. The fourth-order valence-corrected chi connectivity index (χ4v) is 4.65. The molecule has 7 heteroatoms. The Labute approximate surface area is 185 Å². The molecular weight excluding hydrogens is 410 g/mol. The first-order chi connectivity index (χ1) is 14.9. The molecule has 0 aliphatic heterocycles. The zero-order valence-corrected chi connectivity index (χ0v) is 19.0. The highest BCUT2D eigenvalue weighted by molar-refractivity contribution is 7.91. The summed E-state index contributed by atoms with van der Waals surface area (Å²) < 4.78 is 27.0. The molecule has 31 heavy (non-hydrogen) atoms. The highest BCUT2D eigenvalue weighted by Gasteiger charge is 2.22. The first-order valence-corrected chi connectivity index (χ1v) is 12.3. The molecule has 1 heterocycles. The van der Waals surface area contributed by atoms with E-state index < -0.39 is 15.9 Å². The maximum atomic E-state index is 12.6. The van der Waals surface area contributed by atoms with E-state index >= 15 is 0 Å². The van der Waals surface area contributed by atoms with Crippen LogP contribution in [0, 0.1) is 0 Å². The normalized spacial score (nSPS) is 12.9. The molecule has 1 N–H and O–H groups in total. The molecule has 0 saturated carbocycles. The van der Waals surface area contributed by atoms with E-state index in [1.807, 2.05) is 65.0 Å². The second-order valence-electron chi connectivity index (χ2n) is 7.80. The van der Waals surface area contributed by atoms with Gasteiger partial charge in [-0.3, -0.25) is 4.90 Å². The van der Waals surface area contributed by atoms with Crippen molar-refractivity contribution in [2.24, 2.45) is 0 Å². The third-order valence-electron chi connectivity index (χ3n) is 5.35. The van der Waals surface area contributed by atoms with E-state index in [9.17, 15) is 13.5 Å². The highest BCUT2D eigenvalue weighted by atomic mass is 32.2. The maximum absolute atomic E-state index is 12.6. The molecule has 0 amide bonds. The van der Waals surface area contributed by atoms with Gasteiger partial charge >= 0.3 is 0 Å². The van der Waals surface area contributed by atoms with E-state index in [4.69, 9.17) is 0 Å². The molecule has 0 aliphatic carbocycles. The minimum absolute atomic E-state index is 0.0186. The Morgan fingerprint density at radius 3 is 2.35 bits per heavy atom. The first-order valence-electron chi connectivity index (χ1n) is 10.6. The number of aliphatic hydroxyl groups excluding tert-OH is 1. The summed E-state index contributed by atoms with van der Waals surface area (Å²) in [5, 5.41) is 10.7. The minimum Gasteiger partial charge on any atom is -0.387 e. The predicted octanol–water partition coefficient (Wildman–Crippen LogP) is 3.47. The maximum Gasteiger partial charge on any atom is 0.227 e. The molecule has 2 aromatic carbocycles. The molecule has 3 rings (SSSR count). The SMILES string of the molecule is CCS(=O)(=O)c1ncc(CN(C)CC(O)c2ccccc2)n1CCCc1ccccc1. The van der Waals surface area contributed by atoms with Crippen LogP contribution in [0.1, 0.15) is 36.3 Å². The summed E-state index contributed by atoms with van der Waals surface area (Å²) in [7, 11) is -1.50. The number of nitrogens with zero attached hydrogens (tertiary/aromatic N) is 3. The summed E-state index contributed by atoms with van der Waals surface area (Å²) in [5.74, 6) is 0.0186. The Kier molecular flexibility index (Phi) is 8.01. The Balaban J connectivity index is 1.72. The summed E-state index contributed by atoms with van der Waals surface area (Å²) in [5.41, 5.74) is 2.93. The van der Waals surface area contributed by atoms with Crippen LogP contribution < -0.4 is 0 Å². The number of hydrogen-bond acceptors (Lipinski definition) is 5. The van der Waals surface area contributed by atoms with Gasteiger partial charge in [0, 0.05) is 19.6 Å². The number of benzene rings is 2. The van der Waals surface area contributed by atoms with Crippen LogP contribution in [-0.4, -0.2) is 47.3 Å². The van der Waals surface area contributed by atoms with Crippen molar-refractivity contribution in [2.45, 2.75) is 44.1 Å². The van der Waals surface area contributed by atoms with Gasteiger partial charge in [-0.1, -0.05) is 67.6 Å². The van der Waals surface area contributed by atoms with E-state index in [0.29, 0.717) is 19.6 Å². The number of imidazole rings is 1. The number of likely N-dealkylation sites (N-methyl/N-ethyl adjacent to an activating group) is 1. The van der Waals surface area contributed by atoms with Crippen molar-refractivity contribution in [3.63, 3.8) is 0 Å². The molecule has 6 nitrogen and oxygen atoms in total. The van der Waals surface area contributed by atoms with Crippen LogP contribution in [0.25, 0.3) is 0 Å². The molecule has 3 aromatic rings. The zero-order valence-electron chi connectivity index (χ0n) is 18.2. The molecule has 0 fully saturated rings. The van der Waals surface area contributed by atoms with E-state index in [1.165, 1.54) is 5.56 Å². The second kappa shape index (κ2) is 10.7. The molecular formula is C24H31N3O3S. The summed E-state index contributed by atoms with van der Waals surface area (Å²) in [6, 6.07) is 19.7. The predicted molar refractivity (Wildman–Crippen MR) is 122 cm³/mol. The van der Waals surface area contributed by atoms with Crippen molar-refractivity contribution in [1.82, 2.24) is 14.5 Å². The van der Waals surface area contributed by atoms with Gasteiger partial charge in [-0.25, -0.2) is 13.4 Å². The summed E-state index contributed by atoms with van der Waals surface area (Å²) in [6.45, 7) is 3.16. The van der Waals surface area contributed by atoms with Crippen molar-refractivity contribution in [2.75, 3.05) is 19.3 Å². The minimum atomic E-state index is -3.42. The molecule has 0 saturated heterocycles. The average molecular weight is 442 g/mol. The molecule has 1 atom stereocenters. The lowest BCUT2D eigenvalue weighted by molar-refractivity contribution is 0.122. The third kappa shape index (κ3) is 6.26. The van der Waals surface area contributed by atoms with E-state index in [-0.39, 0.29) is 10.9 Å². The van der Waals surface area contributed by atoms with Crippen LogP contribution in [0.5, 0.6) is 0 Å². The van der Waals surface area contributed by atoms with Crippen LogP contribution in [-0.2, 0) is 29.3 Å². The fourth-order valence-electron chi connectivity index (χ4n) is 3.64. The van der Waals surface area contributed by atoms with Gasteiger partial charge in [-0.2, -0.15) is 0 Å². The molecule has 0 radical (unpaired) electrons. The van der Waals surface area contributed by atoms with Crippen LogP contribution >= 0.6 is 0 Å². The van der Waals surface area contributed by atoms with Gasteiger partial charge in [0.25, 0.3) is 0 Å². The van der Waals surface area contributed by atoms with Crippen molar-refractivity contribution in [3.8, 4) is 0 Å². The number of hydrogen-bond donors (Lipinski definition) is 1. The number of rotatable bonds is 11. The van der Waals surface area contributed by atoms with Crippen LogP contribution in [0.3, 0.4) is 0 Å². The van der Waals surface area contributed by atoms with Crippen LogP contribution in [0.2, 0.25) is 0 Å². The molecule has 166 valence electrons. The molecule has 0 aliphatic rings. The van der Waals surface area contributed by atoms with Crippen molar-refractivity contribution >= 4 is 9.84 Å². The fraction of sp³-hybridized carbons (Fsp3) is 0.375. The topological polar surface area (TPSA) is 75.4 Å². The number of aryl methyl sites for hydroxylation is 1. The highest BCUT2D eigenvalue weighted by Crippen LogP contribution is 2.18. The quantitative estimate of drug-likeness (QED) is 0.493. The van der Waals surface area contributed by atoms with Gasteiger partial charge in [0.05, 0.1) is 23.7 Å². The molecule has 0 bridgehead atoms. The van der Waals surface area contributed by atoms with Gasteiger partial charge in [0.1, 0.15) is 0 Å². The lowest BCUT2D eigenvalue weighted by Gasteiger charge is -2.22. The summed E-state index contributed by atoms with van der Waals surface area (Å²) in [4.78, 5) is 6.25. The second-order valence-corrected chi connectivity index (χ2v) is 9.97. The van der Waals surface area contributed by atoms with Crippen LogP contribution in [0.4, 0.5) is 0 Å². The van der Waals surface area contributed by atoms with Crippen molar-refractivity contribution in [3.05, 3.63) is 83.7 Å². The van der Waals surface area contributed by atoms with Gasteiger partial charge in [-0.05, 0) is 31.0 Å². The van der Waals surface area contributed by atoms with E-state index in [2.05, 4.69) is 17.1 Å². The smallest absolute Gasteiger partial charge is 0.227 e.